The van der Waals surface area contributed by atoms with Gasteiger partial charge in [-0.1, -0.05) is 17.7 Å². The molecule has 9 nitrogen and oxygen atoms in total. The number of nitrogens with one attached hydrogen (secondary N) is 2. The maximum Gasteiger partial charge on any atom is 0.248 e. The van der Waals surface area contributed by atoms with E-state index in [2.05, 4.69) is 20.6 Å². The molecule has 1 amide bonds. The normalized spacial score (nSPS) is 15.8. The van der Waals surface area contributed by atoms with E-state index in [1.165, 1.54) is 18.5 Å². The number of phenolic OH excluding ortho intramolecular Hbond substituents is 1. The third-order valence-electron chi connectivity index (χ3n) is 5.13. The van der Waals surface area contributed by atoms with E-state index in [0.29, 0.717) is 53.6 Å². The van der Waals surface area contributed by atoms with Gasteiger partial charge in [0.05, 0.1) is 29.4 Å². The van der Waals surface area contributed by atoms with Crippen molar-refractivity contribution in [3.8, 4) is 11.5 Å². The molecule has 0 bridgehead atoms. The molecule has 0 radical (unpaired) electrons. The summed E-state index contributed by atoms with van der Waals surface area (Å²) in [6, 6.07) is 8.34. The molecule has 0 saturated carbocycles. The number of aromatic nitrogens is 2. The number of nitrogens with zero attached hydrogens (tertiary/aromatic N) is 3. The molecular weight excluding hydrogens is 458 g/mol. The van der Waals surface area contributed by atoms with E-state index in [4.69, 9.17) is 21.1 Å². The predicted octanol–water partition coefficient (Wildman–Crippen LogP) is 3.96. The van der Waals surface area contributed by atoms with Crippen molar-refractivity contribution in [2.24, 2.45) is 0 Å². The number of amides is 1. The molecule has 0 aliphatic carbocycles. The molecule has 1 fully saturated rings. The first-order chi connectivity index (χ1) is 16.4. The lowest BCUT2D eigenvalue weighted by molar-refractivity contribution is -0.111. The lowest BCUT2D eigenvalue weighted by Gasteiger charge is -2.17. The van der Waals surface area contributed by atoms with Crippen LogP contribution < -0.4 is 15.4 Å². The van der Waals surface area contributed by atoms with Crippen LogP contribution in [0.3, 0.4) is 0 Å². The molecule has 34 heavy (non-hydrogen) atoms. The van der Waals surface area contributed by atoms with Crippen LogP contribution in [0, 0.1) is 0 Å². The quantitative estimate of drug-likeness (QED) is 0.326. The molecule has 1 aliphatic rings. The molecular formula is C24H26ClN5O4. The maximum atomic E-state index is 12.6. The number of aromatic hydroxyl groups is 1. The number of carbonyl (C=O) groups excluding carboxylic acids is 1. The Bertz CT molecular complexity index is 1210. The summed E-state index contributed by atoms with van der Waals surface area (Å²) in [7, 11) is 3.86. The van der Waals surface area contributed by atoms with E-state index in [-0.39, 0.29) is 22.8 Å². The number of rotatable bonds is 8. The molecule has 1 atom stereocenters. The summed E-state index contributed by atoms with van der Waals surface area (Å²) >= 11 is 6.04. The Balaban J connectivity index is 1.68. The summed E-state index contributed by atoms with van der Waals surface area (Å²) in [5.74, 6) is 0.742. The largest absolute Gasteiger partial charge is 0.506 e. The minimum Gasteiger partial charge on any atom is -0.506 e. The first-order valence-corrected chi connectivity index (χ1v) is 11.2. The van der Waals surface area contributed by atoms with Crippen molar-refractivity contribution in [2.75, 3.05) is 44.5 Å². The fraction of sp³-hybridized carbons (Fsp3) is 0.292. The van der Waals surface area contributed by atoms with E-state index in [9.17, 15) is 9.90 Å². The zero-order chi connectivity index (χ0) is 24.1. The van der Waals surface area contributed by atoms with Gasteiger partial charge in [-0.25, -0.2) is 9.97 Å². The number of hydrogen-bond donors (Lipinski definition) is 3. The number of ether oxygens (including phenoxy) is 2. The average molecular weight is 484 g/mol. The van der Waals surface area contributed by atoms with Crippen LogP contribution in [0.25, 0.3) is 10.9 Å². The highest BCUT2D eigenvalue weighted by Gasteiger charge is 2.20. The highest BCUT2D eigenvalue weighted by molar-refractivity contribution is 6.32. The SMILES string of the molecule is CN(C)C/C=C/C(=O)Nc1cc2c(Nc3ccc(O)c(Cl)c3)ncnc2cc1O[C@H]1CCOC1. The summed E-state index contributed by atoms with van der Waals surface area (Å²) in [6.45, 7) is 1.77. The first kappa shape index (κ1) is 23.7. The average Bonchev–Trinajstić information content (AvgIpc) is 3.30. The summed E-state index contributed by atoms with van der Waals surface area (Å²) in [5.41, 5.74) is 1.78. The summed E-state index contributed by atoms with van der Waals surface area (Å²) in [6.07, 6.45) is 5.39. The fourth-order valence-corrected chi connectivity index (χ4v) is 3.61. The standard InChI is InChI=1S/C24H26ClN5O4/c1-30(2)8-3-4-23(32)29-20-11-17-19(12-22(20)34-16-7-9-33-13-16)26-14-27-24(17)28-15-5-6-21(31)18(25)10-15/h3-6,10-12,14,16,31H,7-9,13H2,1-2H3,(H,29,32)(H,26,27,28)/b4-3+/t16-/m0/s1. The molecule has 0 spiro atoms. The highest BCUT2D eigenvalue weighted by atomic mass is 35.5. The smallest absolute Gasteiger partial charge is 0.248 e. The topological polar surface area (TPSA) is 109 Å². The predicted molar refractivity (Wildman–Crippen MR) is 132 cm³/mol. The minimum absolute atomic E-state index is 0.00948. The van der Waals surface area contributed by atoms with Gasteiger partial charge >= 0.3 is 0 Å². The van der Waals surface area contributed by atoms with Gasteiger partial charge in [-0.15, -0.1) is 0 Å². The van der Waals surface area contributed by atoms with Gasteiger partial charge in [0.15, 0.2) is 0 Å². The molecule has 3 N–H and O–H groups in total. The Morgan fingerprint density at radius 2 is 2.18 bits per heavy atom. The Hall–Kier alpha value is -3.40. The Labute approximate surface area is 202 Å². The van der Waals surface area contributed by atoms with Crippen LogP contribution in [0.1, 0.15) is 6.42 Å². The van der Waals surface area contributed by atoms with Crippen LogP contribution in [0.5, 0.6) is 11.5 Å². The van der Waals surface area contributed by atoms with Gasteiger partial charge in [0.1, 0.15) is 29.7 Å². The number of halogens is 1. The number of likely N-dealkylation sites (N-methyl/N-ethyl adjacent to an activating group) is 1. The third-order valence-corrected chi connectivity index (χ3v) is 5.43. The van der Waals surface area contributed by atoms with E-state index in [0.717, 1.165) is 6.42 Å². The zero-order valence-corrected chi connectivity index (χ0v) is 19.7. The van der Waals surface area contributed by atoms with Gasteiger partial charge < -0.3 is 30.1 Å². The van der Waals surface area contributed by atoms with Crippen molar-refractivity contribution in [2.45, 2.75) is 12.5 Å². The molecule has 0 unspecified atom stereocenters. The second-order valence-electron chi connectivity index (χ2n) is 8.14. The van der Waals surface area contributed by atoms with Crippen molar-refractivity contribution < 1.29 is 19.4 Å². The number of phenols is 1. The molecule has 1 saturated heterocycles. The van der Waals surface area contributed by atoms with Crippen LogP contribution in [-0.2, 0) is 9.53 Å². The van der Waals surface area contributed by atoms with Crippen LogP contribution >= 0.6 is 11.6 Å². The summed E-state index contributed by atoms with van der Waals surface area (Å²) < 4.78 is 11.6. The van der Waals surface area contributed by atoms with Crippen LogP contribution in [0.2, 0.25) is 5.02 Å². The van der Waals surface area contributed by atoms with Crippen molar-refractivity contribution in [3.63, 3.8) is 0 Å². The Kier molecular flexibility index (Phi) is 7.46. The monoisotopic (exact) mass is 483 g/mol. The van der Waals surface area contributed by atoms with E-state index >= 15 is 0 Å². The van der Waals surface area contributed by atoms with E-state index < -0.39 is 0 Å². The van der Waals surface area contributed by atoms with Gasteiger partial charge in [0, 0.05) is 36.2 Å². The van der Waals surface area contributed by atoms with Crippen LogP contribution in [-0.4, -0.2) is 65.8 Å². The van der Waals surface area contributed by atoms with Gasteiger partial charge in [0.2, 0.25) is 5.91 Å². The van der Waals surface area contributed by atoms with Gasteiger partial charge in [-0.05, 0) is 38.4 Å². The zero-order valence-electron chi connectivity index (χ0n) is 18.9. The molecule has 1 aromatic heterocycles. The van der Waals surface area contributed by atoms with E-state index in [1.54, 1.807) is 30.3 Å². The number of hydrogen-bond acceptors (Lipinski definition) is 8. The van der Waals surface area contributed by atoms with E-state index in [1.807, 2.05) is 19.0 Å². The van der Waals surface area contributed by atoms with Crippen molar-refractivity contribution in [3.05, 3.63) is 53.8 Å². The maximum absolute atomic E-state index is 12.6. The summed E-state index contributed by atoms with van der Waals surface area (Å²) in [4.78, 5) is 23.3. The second kappa shape index (κ2) is 10.7. The second-order valence-corrected chi connectivity index (χ2v) is 8.54. The molecule has 178 valence electrons. The highest BCUT2D eigenvalue weighted by Crippen LogP contribution is 2.35. The molecule has 2 aromatic carbocycles. The molecule has 10 heteroatoms. The molecule has 4 rings (SSSR count). The van der Waals surface area contributed by atoms with Crippen molar-refractivity contribution in [1.29, 1.82) is 0 Å². The van der Waals surface area contributed by atoms with Crippen LogP contribution in [0.4, 0.5) is 17.2 Å². The van der Waals surface area contributed by atoms with Gasteiger partial charge in [-0.2, -0.15) is 0 Å². The van der Waals surface area contributed by atoms with Crippen LogP contribution in [0.15, 0.2) is 48.8 Å². The van der Waals surface area contributed by atoms with Crippen molar-refractivity contribution >= 4 is 45.6 Å². The Morgan fingerprint density at radius 1 is 1.32 bits per heavy atom. The first-order valence-electron chi connectivity index (χ1n) is 10.8. The minimum atomic E-state index is -0.273. The number of fused-ring (bicyclic) bond motifs is 1. The molecule has 1 aliphatic heterocycles. The van der Waals surface area contributed by atoms with Gasteiger partial charge in [0.25, 0.3) is 0 Å². The van der Waals surface area contributed by atoms with Crippen molar-refractivity contribution in [1.82, 2.24) is 14.9 Å². The number of anilines is 3. The van der Waals surface area contributed by atoms with Gasteiger partial charge in [-0.3, -0.25) is 4.79 Å². The third kappa shape index (κ3) is 5.93. The lowest BCUT2D eigenvalue weighted by Crippen LogP contribution is -2.18. The fourth-order valence-electron chi connectivity index (χ4n) is 3.43. The lowest BCUT2D eigenvalue weighted by atomic mass is 10.1. The molecule has 3 aromatic rings. The number of benzene rings is 2. The summed E-state index contributed by atoms with van der Waals surface area (Å²) in [5, 5.41) is 16.7. The Morgan fingerprint density at radius 3 is 2.91 bits per heavy atom. The molecule has 2 heterocycles. The number of carbonyl (C=O) groups is 1.